The van der Waals surface area contributed by atoms with Crippen LogP contribution in [0.15, 0.2) is 0 Å². The van der Waals surface area contributed by atoms with E-state index in [-0.39, 0.29) is 5.91 Å². The van der Waals surface area contributed by atoms with E-state index >= 15 is 0 Å². The molecule has 1 aromatic heterocycles. The number of anilines is 1. The van der Waals surface area contributed by atoms with Gasteiger partial charge in [-0.3, -0.25) is 9.69 Å². The summed E-state index contributed by atoms with van der Waals surface area (Å²) in [4.78, 5) is 13.5. The normalized spacial score (nSPS) is 17.3. The summed E-state index contributed by atoms with van der Waals surface area (Å²) in [6.07, 6.45) is 2.06. The molecule has 18 heavy (non-hydrogen) atoms. The molecule has 1 fully saturated rings. The van der Waals surface area contributed by atoms with Crippen LogP contribution in [-0.4, -0.2) is 47.2 Å². The highest BCUT2D eigenvalue weighted by atomic mass is 32.1. The van der Waals surface area contributed by atoms with Gasteiger partial charge in [0.05, 0.1) is 13.1 Å². The summed E-state index contributed by atoms with van der Waals surface area (Å²) in [5.74, 6) is 0.0985. The molecule has 7 heteroatoms. The Morgan fingerprint density at radius 1 is 1.50 bits per heavy atom. The summed E-state index contributed by atoms with van der Waals surface area (Å²) in [6, 6.07) is 0. The Labute approximate surface area is 111 Å². The Kier molecular flexibility index (Phi) is 4.89. The van der Waals surface area contributed by atoms with E-state index in [0.29, 0.717) is 13.1 Å². The van der Waals surface area contributed by atoms with Crippen LogP contribution < -0.4 is 10.6 Å². The molecule has 0 atom stereocenters. The number of nitrogens with one attached hydrogen (secondary N) is 2. The van der Waals surface area contributed by atoms with Gasteiger partial charge < -0.3 is 10.6 Å². The van der Waals surface area contributed by atoms with E-state index in [1.807, 2.05) is 0 Å². The molecule has 1 amide bonds. The molecule has 0 unspecified atom stereocenters. The van der Waals surface area contributed by atoms with Crippen molar-refractivity contribution in [2.24, 2.45) is 0 Å². The summed E-state index contributed by atoms with van der Waals surface area (Å²) < 4.78 is 0. The zero-order valence-electron chi connectivity index (χ0n) is 10.6. The van der Waals surface area contributed by atoms with Gasteiger partial charge in [0.25, 0.3) is 0 Å². The molecule has 1 saturated heterocycles. The first-order valence-electron chi connectivity index (χ1n) is 6.33. The molecular formula is C11H19N5OS. The van der Waals surface area contributed by atoms with Crippen molar-refractivity contribution in [1.29, 1.82) is 0 Å². The first-order valence-corrected chi connectivity index (χ1v) is 7.15. The van der Waals surface area contributed by atoms with E-state index in [9.17, 15) is 4.79 Å². The van der Waals surface area contributed by atoms with Gasteiger partial charge in [0.1, 0.15) is 5.01 Å². The minimum Gasteiger partial charge on any atom is -0.360 e. The van der Waals surface area contributed by atoms with Crippen LogP contribution in [-0.2, 0) is 11.3 Å². The van der Waals surface area contributed by atoms with Crippen molar-refractivity contribution in [3.63, 3.8) is 0 Å². The lowest BCUT2D eigenvalue weighted by Gasteiger charge is -2.15. The van der Waals surface area contributed by atoms with Crippen LogP contribution in [0.5, 0.6) is 0 Å². The molecule has 2 N–H and O–H groups in total. The number of rotatable bonds is 5. The molecule has 2 heterocycles. The average molecular weight is 269 g/mol. The Morgan fingerprint density at radius 2 is 2.39 bits per heavy atom. The maximum Gasteiger partial charge on any atom is 0.234 e. The van der Waals surface area contributed by atoms with Gasteiger partial charge >= 0.3 is 0 Å². The molecule has 1 aromatic rings. The third-order valence-corrected chi connectivity index (χ3v) is 3.56. The number of hydrogen-bond acceptors (Lipinski definition) is 6. The Balaban J connectivity index is 1.87. The third kappa shape index (κ3) is 3.92. The average Bonchev–Trinajstić information content (AvgIpc) is 2.69. The predicted octanol–water partition coefficient (Wildman–Crippen LogP) is 0.682. The second kappa shape index (κ2) is 6.65. The maximum atomic E-state index is 11.4. The fourth-order valence-corrected chi connectivity index (χ4v) is 2.62. The Hall–Kier alpha value is -1.21. The van der Waals surface area contributed by atoms with E-state index in [1.165, 1.54) is 0 Å². The van der Waals surface area contributed by atoms with Crippen molar-refractivity contribution in [3.8, 4) is 0 Å². The Bertz CT molecular complexity index is 395. The van der Waals surface area contributed by atoms with Crippen LogP contribution in [0, 0.1) is 0 Å². The summed E-state index contributed by atoms with van der Waals surface area (Å²) in [6.45, 7) is 5.90. The zero-order chi connectivity index (χ0) is 12.8. The molecular weight excluding hydrogens is 250 g/mol. The van der Waals surface area contributed by atoms with Crippen LogP contribution in [0.3, 0.4) is 0 Å². The summed E-state index contributed by atoms with van der Waals surface area (Å²) >= 11 is 1.57. The molecule has 0 spiro atoms. The molecule has 0 aromatic carbocycles. The van der Waals surface area contributed by atoms with E-state index in [2.05, 4.69) is 32.7 Å². The first-order chi connectivity index (χ1) is 8.78. The van der Waals surface area contributed by atoms with Gasteiger partial charge in [-0.1, -0.05) is 18.3 Å². The van der Waals surface area contributed by atoms with Crippen molar-refractivity contribution in [2.75, 3.05) is 31.5 Å². The fraction of sp³-hybridized carbons (Fsp3) is 0.727. The minimum absolute atomic E-state index is 0.0985. The molecule has 1 aliphatic rings. The molecule has 100 valence electrons. The zero-order valence-corrected chi connectivity index (χ0v) is 11.4. The van der Waals surface area contributed by atoms with Gasteiger partial charge in [-0.25, -0.2) is 0 Å². The number of carbonyl (C=O) groups is 1. The minimum atomic E-state index is 0.0985. The predicted molar refractivity (Wildman–Crippen MR) is 71.6 cm³/mol. The largest absolute Gasteiger partial charge is 0.360 e. The van der Waals surface area contributed by atoms with Gasteiger partial charge in [-0.05, 0) is 12.8 Å². The van der Waals surface area contributed by atoms with Crippen molar-refractivity contribution in [3.05, 3.63) is 5.01 Å². The molecule has 0 aliphatic carbocycles. The van der Waals surface area contributed by atoms with Gasteiger partial charge in [-0.15, -0.1) is 10.2 Å². The van der Waals surface area contributed by atoms with Crippen molar-refractivity contribution in [1.82, 2.24) is 20.4 Å². The lowest BCUT2D eigenvalue weighted by atomic mass is 10.4. The van der Waals surface area contributed by atoms with Crippen LogP contribution >= 0.6 is 11.3 Å². The van der Waals surface area contributed by atoms with Gasteiger partial charge in [-0.2, -0.15) is 0 Å². The quantitative estimate of drug-likeness (QED) is 0.822. The monoisotopic (exact) mass is 269 g/mol. The van der Waals surface area contributed by atoms with Gasteiger partial charge in [0.2, 0.25) is 11.0 Å². The second-order valence-corrected chi connectivity index (χ2v) is 5.40. The summed E-state index contributed by atoms with van der Waals surface area (Å²) in [5, 5.41) is 16.2. The SMILES string of the molecule is CCCNc1nnc(CN2CCCNC(=O)C2)s1. The molecule has 1 aliphatic heterocycles. The van der Waals surface area contributed by atoms with E-state index in [1.54, 1.807) is 11.3 Å². The van der Waals surface area contributed by atoms with Crippen molar-refractivity contribution >= 4 is 22.4 Å². The van der Waals surface area contributed by atoms with Crippen LogP contribution in [0.2, 0.25) is 0 Å². The number of carbonyl (C=O) groups excluding carboxylic acids is 1. The number of hydrogen-bond donors (Lipinski definition) is 2. The third-order valence-electron chi connectivity index (χ3n) is 2.69. The molecule has 0 bridgehead atoms. The summed E-state index contributed by atoms with van der Waals surface area (Å²) in [5.41, 5.74) is 0. The highest BCUT2D eigenvalue weighted by molar-refractivity contribution is 7.15. The lowest BCUT2D eigenvalue weighted by Crippen LogP contribution is -2.32. The van der Waals surface area contributed by atoms with E-state index < -0.39 is 0 Å². The van der Waals surface area contributed by atoms with Crippen molar-refractivity contribution < 1.29 is 4.79 Å². The fourth-order valence-electron chi connectivity index (χ4n) is 1.82. The van der Waals surface area contributed by atoms with Crippen LogP contribution in [0.25, 0.3) is 0 Å². The number of nitrogens with zero attached hydrogens (tertiary/aromatic N) is 3. The summed E-state index contributed by atoms with van der Waals surface area (Å²) in [7, 11) is 0. The maximum absolute atomic E-state index is 11.4. The molecule has 0 radical (unpaired) electrons. The van der Waals surface area contributed by atoms with Crippen LogP contribution in [0.4, 0.5) is 5.13 Å². The topological polar surface area (TPSA) is 70.2 Å². The van der Waals surface area contributed by atoms with E-state index in [4.69, 9.17) is 0 Å². The first kappa shape index (κ1) is 13.2. The van der Waals surface area contributed by atoms with Crippen molar-refractivity contribution in [2.45, 2.75) is 26.3 Å². The van der Waals surface area contributed by atoms with Gasteiger partial charge in [0, 0.05) is 19.6 Å². The van der Waals surface area contributed by atoms with Gasteiger partial charge in [0.15, 0.2) is 0 Å². The number of aromatic nitrogens is 2. The Morgan fingerprint density at radius 3 is 3.22 bits per heavy atom. The molecule has 6 nitrogen and oxygen atoms in total. The smallest absolute Gasteiger partial charge is 0.234 e. The highest BCUT2D eigenvalue weighted by Gasteiger charge is 2.16. The molecule has 0 saturated carbocycles. The van der Waals surface area contributed by atoms with E-state index in [0.717, 1.165) is 42.6 Å². The second-order valence-electron chi connectivity index (χ2n) is 4.34. The van der Waals surface area contributed by atoms with Crippen LogP contribution in [0.1, 0.15) is 24.8 Å². The number of amides is 1. The standard InChI is InChI=1S/C11H19N5OS/c1-2-4-13-11-15-14-10(18-11)8-16-6-3-5-12-9(17)7-16/h2-8H2,1H3,(H,12,17)(H,13,15). The highest BCUT2D eigenvalue weighted by Crippen LogP contribution is 2.17. The lowest BCUT2D eigenvalue weighted by molar-refractivity contribution is -0.121. The molecule has 2 rings (SSSR count).